The van der Waals surface area contributed by atoms with E-state index in [4.69, 9.17) is 0 Å². The SMILES string of the molecule is Cc1c(NC(C)C)cccc1-c1cccc2c1cnn2C. The van der Waals surface area contributed by atoms with E-state index in [0.29, 0.717) is 6.04 Å². The maximum Gasteiger partial charge on any atom is 0.0685 e. The van der Waals surface area contributed by atoms with Gasteiger partial charge in [-0.1, -0.05) is 24.3 Å². The maximum absolute atomic E-state index is 4.38. The summed E-state index contributed by atoms with van der Waals surface area (Å²) in [4.78, 5) is 0. The summed E-state index contributed by atoms with van der Waals surface area (Å²) < 4.78 is 1.92. The van der Waals surface area contributed by atoms with Crippen LogP contribution in [0.5, 0.6) is 0 Å². The summed E-state index contributed by atoms with van der Waals surface area (Å²) in [6, 6.07) is 13.2. The molecule has 0 amide bonds. The van der Waals surface area contributed by atoms with Gasteiger partial charge in [0.1, 0.15) is 0 Å². The third kappa shape index (κ3) is 2.40. The van der Waals surface area contributed by atoms with Crippen LogP contribution in [0.4, 0.5) is 5.69 Å². The quantitative estimate of drug-likeness (QED) is 0.771. The Balaban J connectivity index is 2.19. The number of aryl methyl sites for hydroxylation is 1. The van der Waals surface area contributed by atoms with Crippen molar-refractivity contribution in [3.63, 3.8) is 0 Å². The summed E-state index contributed by atoms with van der Waals surface area (Å²) in [5, 5.41) is 9.10. The molecule has 3 heteroatoms. The Hall–Kier alpha value is -2.29. The van der Waals surface area contributed by atoms with E-state index < -0.39 is 0 Å². The molecule has 0 aliphatic heterocycles. The van der Waals surface area contributed by atoms with Gasteiger partial charge >= 0.3 is 0 Å². The van der Waals surface area contributed by atoms with E-state index >= 15 is 0 Å². The lowest BCUT2D eigenvalue weighted by Gasteiger charge is -2.16. The number of hydrogen-bond acceptors (Lipinski definition) is 2. The summed E-state index contributed by atoms with van der Waals surface area (Å²) in [7, 11) is 1.98. The fourth-order valence-electron chi connectivity index (χ4n) is 2.81. The lowest BCUT2D eigenvalue weighted by molar-refractivity contribution is 0.797. The molecule has 0 bridgehead atoms. The molecule has 1 aromatic heterocycles. The van der Waals surface area contributed by atoms with Gasteiger partial charge in [0.15, 0.2) is 0 Å². The van der Waals surface area contributed by atoms with E-state index in [1.807, 2.05) is 17.9 Å². The van der Waals surface area contributed by atoms with Crippen LogP contribution in [-0.4, -0.2) is 15.8 Å². The van der Waals surface area contributed by atoms with Gasteiger partial charge in [0.25, 0.3) is 0 Å². The Morgan fingerprint density at radius 3 is 2.52 bits per heavy atom. The van der Waals surface area contributed by atoms with E-state index in [2.05, 4.69) is 67.6 Å². The number of rotatable bonds is 3. The van der Waals surface area contributed by atoms with Crippen LogP contribution in [0.2, 0.25) is 0 Å². The van der Waals surface area contributed by atoms with Crippen LogP contribution in [0.25, 0.3) is 22.0 Å². The van der Waals surface area contributed by atoms with Crippen LogP contribution >= 0.6 is 0 Å². The first-order valence-electron chi connectivity index (χ1n) is 7.35. The monoisotopic (exact) mass is 279 g/mol. The molecule has 0 atom stereocenters. The largest absolute Gasteiger partial charge is 0.383 e. The molecule has 3 nitrogen and oxygen atoms in total. The normalized spacial score (nSPS) is 11.3. The average molecular weight is 279 g/mol. The molecule has 108 valence electrons. The van der Waals surface area contributed by atoms with Gasteiger partial charge in [-0.05, 0) is 49.6 Å². The Bertz CT molecular complexity index is 784. The zero-order chi connectivity index (χ0) is 15.0. The van der Waals surface area contributed by atoms with Crippen molar-refractivity contribution in [1.82, 2.24) is 9.78 Å². The first-order valence-corrected chi connectivity index (χ1v) is 7.35. The summed E-state index contributed by atoms with van der Waals surface area (Å²) in [5.74, 6) is 0. The van der Waals surface area contributed by atoms with E-state index in [1.54, 1.807) is 0 Å². The van der Waals surface area contributed by atoms with Gasteiger partial charge in [0.05, 0.1) is 11.7 Å². The fraction of sp³-hybridized carbons (Fsp3) is 0.278. The number of aromatic nitrogens is 2. The number of hydrogen-bond donors (Lipinski definition) is 1. The van der Waals surface area contributed by atoms with Gasteiger partial charge in [-0.25, -0.2) is 0 Å². The van der Waals surface area contributed by atoms with E-state index in [0.717, 1.165) is 5.52 Å². The Kier molecular flexibility index (Phi) is 3.42. The number of anilines is 1. The van der Waals surface area contributed by atoms with Crippen molar-refractivity contribution in [1.29, 1.82) is 0 Å². The van der Waals surface area contributed by atoms with Crippen molar-refractivity contribution < 1.29 is 0 Å². The van der Waals surface area contributed by atoms with E-state index in [-0.39, 0.29) is 0 Å². The predicted molar refractivity (Wildman–Crippen MR) is 89.6 cm³/mol. The zero-order valence-corrected chi connectivity index (χ0v) is 13.0. The van der Waals surface area contributed by atoms with Crippen molar-refractivity contribution in [2.24, 2.45) is 7.05 Å². The van der Waals surface area contributed by atoms with Crippen molar-refractivity contribution in [2.45, 2.75) is 26.8 Å². The van der Waals surface area contributed by atoms with Crippen LogP contribution in [-0.2, 0) is 7.05 Å². The molecule has 0 spiro atoms. The smallest absolute Gasteiger partial charge is 0.0685 e. The van der Waals surface area contributed by atoms with Gasteiger partial charge in [-0.2, -0.15) is 5.10 Å². The third-order valence-electron chi connectivity index (χ3n) is 3.86. The molecule has 21 heavy (non-hydrogen) atoms. The molecule has 0 fully saturated rings. The Labute approximate surface area is 125 Å². The van der Waals surface area contributed by atoms with Crippen molar-refractivity contribution >= 4 is 16.6 Å². The van der Waals surface area contributed by atoms with Crippen LogP contribution in [0.15, 0.2) is 42.6 Å². The third-order valence-corrected chi connectivity index (χ3v) is 3.86. The number of benzene rings is 2. The van der Waals surface area contributed by atoms with Crippen molar-refractivity contribution in [3.8, 4) is 11.1 Å². The first-order chi connectivity index (χ1) is 10.1. The molecule has 0 saturated carbocycles. The molecule has 0 unspecified atom stereocenters. The van der Waals surface area contributed by atoms with Crippen LogP contribution < -0.4 is 5.32 Å². The average Bonchev–Trinajstić information content (AvgIpc) is 2.83. The van der Waals surface area contributed by atoms with Gasteiger partial charge in [-0.15, -0.1) is 0 Å². The predicted octanol–water partition coefficient (Wildman–Crippen LogP) is 4.37. The molecule has 0 saturated heterocycles. The molecule has 0 aliphatic rings. The summed E-state index contributed by atoms with van der Waals surface area (Å²) in [6.07, 6.45) is 1.95. The van der Waals surface area contributed by atoms with Gasteiger partial charge in [0, 0.05) is 24.2 Å². The van der Waals surface area contributed by atoms with E-state index in [1.165, 1.54) is 27.8 Å². The van der Waals surface area contributed by atoms with Crippen LogP contribution in [0.1, 0.15) is 19.4 Å². The van der Waals surface area contributed by atoms with Crippen molar-refractivity contribution in [3.05, 3.63) is 48.2 Å². The van der Waals surface area contributed by atoms with Crippen LogP contribution in [0.3, 0.4) is 0 Å². The number of nitrogens with zero attached hydrogens (tertiary/aromatic N) is 2. The molecule has 0 aliphatic carbocycles. The minimum atomic E-state index is 0.424. The molecule has 2 aromatic carbocycles. The molecule has 0 radical (unpaired) electrons. The highest BCUT2D eigenvalue weighted by atomic mass is 15.2. The second-order valence-electron chi connectivity index (χ2n) is 5.78. The Morgan fingerprint density at radius 1 is 1.05 bits per heavy atom. The van der Waals surface area contributed by atoms with Crippen molar-refractivity contribution in [2.75, 3.05) is 5.32 Å². The first kappa shape index (κ1) is 13.7. The Morgan fingerprint density at radius 2 is 1.76 bits per heavy atom. The maximum atomic E-state index is 4.38. The topological polar surface area (TPSA) is 29.9 Å². The number of fused-ring (bicyclic) bond motifs is 1. The molecule has 3 rings (SSSR count). The molecule has 1 N–H and O–H groups in total. The minimum Gasteiger partial charge on any atom is -0.383 e. The lowest BCUT2D eigenvalue weighted by atomic mass is 9.96. The standard InChI is InChI=1S/C18H21N3/c1-12(2)20-17-9-5-7-14(13(17)3)15-8-6-10-18-16(15)11-19-21(18)4/h5-12,20H,1-4H3. The highest BCUT2D eigenvalue weighted by molar-refractivity contribution is 5.96. The fourth-order valence-corrected chi connectivity index (χ4v) is 2.81. The molecular formula is C18H21N3. The zero-order valence-electron chi connectivity index (χ0n) is 13.0. The summed E-state index contributed by atoms with van der Waals surface area (Å²) in [5.41, 5.74) is 6.14. The molecular weight excluding hydrogens is 258 g/mol. The summed E-state index contributed by atoms with van der Waals surface area (Å²) >= 11 is 0. The highest BCUT2D eigenvalue weighted by Crippen LogP contribution is 2.33. The molecule has 3 aromatic rings. The van der Waals surface area contributed by atoms with Crippen LogP contribution in [0, 0.1) is 6.92 Å². The van der Waals surface area contributed by atoms with Gasteiger partial charge in [0.2, 0.25) is 0 Å². The second kappa shape index (κ2) is 5.24. The van der Waals surface area contributed by atoms with E-state index in [9.17, 15) is 0 Å². The second-order valence-corrected chi connectivity index (χ2v) is 5.78. The molecule has 1 heterocycles. The minimum absolute atomic E-state index is 0.424. The lowest BCUT2D eigenvalue weighted by Crippen LogP contribution is -2.10. The van der Waals surface area contributed by atoms with Gasteiger partial charge in [-0.3, -0.25) is 4.68 Å². The van der Waals surface area contributed by atoms with Gasteiger partial charge < -0.3 is 5.32 Å². The summed E-state index contributed by atoms with van der Waals surface area (Å²) in [6.45, 7) is 6.50. The highest BCUT2D eigenvalue weighted by Gasteiger charge is 2.11. The number of nitrogens with one attached hydrogen (secondary N) is 1.